The van der Waals surface area contributed by atoms with Gasteiger partial charge in [-0.25, -0.2) is 0 Å². The number of thioether (sulfide) groups is 1. The zero-order valence-corrected chi connectivity index (χ0v) is 15.6. The van der Waals surface area contributed by atoms with E-state index in [9.17, 15) is 20.4 Å². The highest BCUT2D eigenvalue weighted by molar-refractivity contribution is 7.98. The molecule has 4 atom stereocenters. The fraction of sp³-hybridized carbons (Fsp3) is 0.667. The molecule has 0 radical (unpaired) electrons. The van der Waals surface area contributed by atoms with Crippen LogP contribution < -0.4 is 4.90 Å². The minimum atomic E-state index is -1.53. The molecule has 140 valence electrons. The van der Waals surface area contributed by atoms with E-state index in [4.69, 9.17) is 0 Å². The summed E-state index contributed by atoms with van der Waals surface area (Å²) >= 11 is 1.71. The van der Waals surface area contributed by atoms with E-state index in [2.05, 4.69) is 23.3 Å². The molecule has 2 fully saturated rings. The number of hydrogen-bond acceptors (Lipinski definition) is 7. The van der Waals surface area contributed by atoms with Crippen LogP contribution in [0.2, 0.25) is 0 Å². The van der Waals surface area contributed by atoms with E-state index < -0.39 is 23.5 Å². The number of hydrogen-bond donors (Lipinski definition) is 4. The van der Waals surface area contributed by atoms with Gasteiger partial charge >= 0.3 is 0 Å². The number of piperazine rings is 1. The second-order valence-corrected chi connectivity index (χ2v) is 8.13. The van der Waals surface area contributed by atoms with Crippen LogP contribution >= 0.6 is 11.8 Å². The third-order valence-electron chi connectivity index (χ3n) is 5.64. The Kier molecular flexibility index (Phi) is 5.35. The van der Waals surface area contributed by atoms with Crippen LogP contribution in [0.5, 0.6) is 0 Å². The molecule has 4 unspecified atom stereocenters. The first-order chi connectivity index (χ1) is 11.8. The third-order valence-corrected chi connectivity index (χ3v) is 6.42. The first-order valence-corrected chi connectivity index (χ1v) is 9.95. The van der Waals surface area contributed by atoms with Crippen LogP contribution in [0.4, 0.5) is 5.69 Å². The lowest BCUT2D eigenvalue weighted by Crippen LogP contribution is -2.71. The summed E-state index contributed by atoms with van der Waals surface area (Å²) in [6, 6.07) is 8.26. The number of benzene rings is 1. The quantitative estimate of drug-likeness (QED) is 0.578. The molecule has 1 aromatic carbocycles. The first kappa shape index (κ1) is 18.9. The Hall–Kier alpha value is -0.830. The molecule has 1 heterocycles. The lowest BCUT2D eigenvalue weighted by molar-refractivity contribution is -0.277. The molecule has 25 heavy (non-hydrogen) atoms. The Morgan fingerprint density at radius 3 is 2.24 bits per heavy atom. The zero-order chi connectivity index (χ0) is 18.2. The summed E-state index contributed by atoms with van der Waals surface area (Å²) in [6.45, 7) is 4.16. The van der Waals surface area contributed by atoms with Gasteiger partial charge in [0.2, 0.25) is 0 Å². The lowest BCUT2D eigenvalue weighted by atomic mass is 9.74. The standard InChI is InChI=1S/C18H28N2O4S/c1-17(23)11-14(21)15(22)12-18(17,24)20-9-7-19(8-10-20)13-5-3-4-6-16(13)25-2/h3-6,14-15,21-24H,7-12H2,1-2H3. The van der Waals surface area contributed by atoms with Gasteiger partial charge in [-0.3, -0.25) is 4.90 Å². The molecular formula is C18H28N2O4S. The minimum absolute atomic E-state index is 0.0415. The second kappa shape index (κ2) is 7.06. The molecule has 6 nitrogen and oxygen atoms in total. The largest absolute Gasteiger partial charge is 0.390 e. The van der Waals surface area contributed by atoms with Crippen LogP contribution in [0.25, 0.3) is 0 Å². The van der Waals surface area contributed by atoms with Gasteiger partial charge in [0.25, 0.3) is 0 Å². The molecule has 1 saturated heterocycles. The van der Waals surface area contributed by atoms with E-state index in [1.807, 2.05) is 17.0 Å². The van der Waals surface area contributed by atoms with E-state index in [0.29, 0.717) is 13.1 Å². The van der Waals surface area contributed by atoms with Crippen molar-refractivity contribution in [2.45, 2.75) is 48.2 Å². The topological polar surface area (TPSA) is 87.4 Å². The molecule has 4 N–H and O–H groups in total. The summed E-state index contributed by atoms with van der Waals surface area (Å²) < 4.78 is 0. The number of nitrogens with zero attached hydrogens (tertiary/aromatic N) is 2. The van der Waals surface area contributed by atoms with E-state index >= 15 is 0 Å². The van der Waals surface area contributed by atoms with E-state index in [1.54, 1.807) is 11.8 Å². The highest BCUT2D eigenvalue weighted by Gasteiger charge is 2.56. The molecule has 0 aromatic heterocycles. The predicted molar refractivity (Wildman–Crippen MR) is 98.8 cm³/mol. The Bertz CT molecular complexity index is 606. The molecule has 0 amide bonds. The number of aliphatic hydroxyl groups excluding tert-OH is 2. The van der Waals surface area contributed by atoms with E-state index in [-0.39, 0.29) is 12.8 Å². The van der Waals surface area contributed by atoms with Gasteiger partial charge in [0, 0.05) is 43.9 Å². The van der Waals surface area contributed by atoms with Crippen LogP contribution in [0.3, 0.4) is 0 Å². The summed E-state index contributed by atoms with van der Waals surface area (Å²) in [6.07, 6.45) is -0.0718. The van der Waals surface area contributed by atoms with Crippen molar-refractivity contribution < 1.29 is 20.4 Å². The molecule has 1 aromatic rings. The van der Waals surface area contributed by atoms with Crippen molar-refractivity contribution in [3.8, 4) is 0 Å². The van der Waals surface area contributed by atoms with E-state index in [0.717, 1.165) is 13.1 Å². The molecule has 1 aliphatic heterocycles. The van der Waals surface area contributed by atoms with Crippen molar-refractivity contribution in [2.24, 2.45) is 0 Å². The molecule has 3 rings (SSSR count). The number of anilines is 1. The van der Waals surface area contributed by atoms with Crippen LogP contribution in [-0.4, -0.2) is 81.3 Å². The van der Waals surface area contributed by atoms with Crippen molar-refractivity contribution in [2.75, 3.05) is 37.3 Å². The van der Waals surface area contributed by atoms with Crippen molar-refractivity contribution >= 4 is 17.4 Å². The van der Waals surface area contributed by atoms with Crippen molar-refractivity contribution in [3.05, 3.63) is 24.3 Å². The maximum absolute atomic E-state index is 11.2. The van der Waals surface area contributed by atoms with Gasteiger partial charge in [-0.2, -0.15) is 0 Å². The lowest BCUT2D eigenvalue weighted by Gasteiger charge is -2.55. The summed E-state index contributed by atoms with van der Waals surface area (Å²) in [5.41, 5.74) is -1.81. The Morgan fingerprint density at radius 2 is 1.60 bits per heavy atom. The summed E-state index contributed by atoms with van der Waals surface area (Å²) in [5, 5.41) is 41.7. The van der Waals surface area contributed by atoms with Crippen LogP contribution in [-0.2, 0) is 0 Å². The summed E-state index contributed by atoms with van der Waals surface area (Å²) in [7, 11) is 0. The van der Waals surface area contributed by atoms with Gasteiger partial charge in [0.15, 0.2) is 0 Å². The molecular weight excluding hydrogens is 340 g/mol. The smallest absolute Gasteiger partial charge is 0.149 e. The highest BCUT2D eigenvalue weighted by Crippen LogP contribution is 2.41. The summed E-state index contributed by atoms with van der Waals surface area (Å²) in [5.74, 6) is 0. The highest BCUT2D eigenvalue weighted by atomic mass is 32.2. The Morgan fingerprint density at radius 1 is 1.00 bits per heavy atom. The maximum atomic E-state index is 11.2. The zero-order valence-electron chi connectivity index (χ0n) is 14.8. The van der Waals surface area contributed by atoms with Gasteiger partial charge in [-0.15, -0.1) is 11.8 Å². The van der Waals surface area contributed by atoms with Gasteiger partial charge < -0.3 is 25.3 Å². The van der Waals surface area contributed by atoms with Crippen molar-refractivity contribution in [3.63, 3.8) is 0 Å². The Labute approximate surface area is 153 Å². The van der Waals surface area contributed by atoms with Gasteiger partial charge in [-0.1, -0.05) is 12.1 Å². The molecule has 1 aliphatic carbocycles. The normalized spacial score (nSPS) is 37.3. The van der Waals surface area contributed by atoms with Crippen molar-refractivity contribution in [1.82, 2.24) is 4.90 Å². The summed E-state index contributed by atoms with van der Waals surface area (Å²) in [4.78, 5) is 5.35. The van der Waals surface area contributed by atoms with Gasteiger partial charge in [-0.05, 0) is 25.3 Å². The van der Waals surface area contributed by atoms with Crippen molar-refractivity contribution in [1.29, 1.82) is 0 Å². The molecule has 7 heteroatoms. The number of para-hydroxylation sites is 1. The predicted octanol–water partition coefficient (Wildman–Crippen LogP) is 0.486. The number of aliphatic hydroxyl groups is 4. The first-order valence-electron chi connectivity index (χ1n) is 8.72. The molecule has 2 aliphatic rings. The fourth-order valence-corrected chi connectivity index (χ4v) is 4.65. The number of rotatable bonds is 3. The average Bonchev–Trinajstić information content (AvgIpc) is 2.60. The van der Waals surface area contributed by atoms with Crippen LogP contribution in [0.15, 0.2) is 29.2 Å². The third kappa shape index (κ3) is 3.41. The SMILES string of the molecule is CSc1ccccc1N1CCN(C2(O)CC(O)C(O)CC2(C)O)CC1. The van der Waals surface area contributed by atoms with Gasteiger partial charge in [0.1, 0.15) is 11.3 Å². The van der Waals surface area contributed by atoms with Gasteiger partial charge in [0.05, 0.1) is 17.9 Å². The van der Waals surface area contributed by atoms with E-state index in [1.165, 1.54) is 17.5 Å². The monoisotopic (exact) mass is 368 g/mol. The molecule has 0 spiro atoms. The average molecular weight is 368 g/mol. The maximum Gasteiger partial charge on any atom is 0.149 e. The Balaban J connectivity index is 1.73. The fourth-order valence-electron chi connectivity index (χ4n) is 4.03. The molecule has 0 bridgehead atoms. The minimum Gasteiger partial charge on any atom is -0.390 e. The van der Waals surface area contributed by atoms with Crippen LogP contribution in [0.1, 0.15) is 19.8 Å². The molecule has 1 saturated carbocycles. The second-order valence-electron chi connectivity index (χ2n) is 7.28. The van der Waals surface area contributed by atoms with Crippen LogP contribution in [0, 0.1) is 0 Å².